The standard InChI is InChI=1S/C16H19ClN2O/c1-12-7-8-13(19-9-12)10-18-11-16(2,20)14-5-3-4-6-15(14)17/h3-9,18,20H,10-11H2,1-2H3/t16-/m1/s1. The van der Waals surface area contributed by atoms with Crippen LogP contribution < -0.4 is 5.32 Å². The second-order valence-electron chi connectivity index (χ2n) is 5.18. The monoisotopic (exact) mass is 290 g/mol. The van der Waals surface area contributed by atoms with Crippen molar-refractivity contribution in [2.75, 3.05) is 6.54 Å². The second kappa shape index (κ2) is 6.35. The molecule has 1 heterocycles. The van der Waals surface area contributed by atoms with Crippen LogP contribution in [0.4, 0.5) is 0 Å². The fourth-order valence-electron chi connectivity index (χ4n) is 2.03. The fraction of sp³-hybridized carbons (Fsp3) is 0.312. The highest BCUT2D eigenvalue weighted by Gasteiger charge is 2.24. The van der Waals surface area contributed by atoms with E-state index in [1.807, 2.05) is 43.5 Å². The summed E-state index contributed by atoms with van der Waals surface area (Å²) in [6.07, 6.45) is 1.84. The molecule has 0 fully saturated rings. The van der Waals surface area contributed by atoms with E-state index in [1.165, 1.54) is 0 Å². The Hall–Kier alpha value is -1.42. The molecule has 0 aliphatic heterocycles. The van der Waals surface area contributed by atoms with Crippen molar-refractivity contribution >= 4 is 11.6 Å². The predicted molar refractivity (Wildman–Crippen MR) is 81.7 cm³/mol. The van der Waals surface area contributed by atoms with E-state index in [2.05, 4.69) is 10.3 Å². The van der Waals surface area contributed by atoms with Gasteiger partial charge in [-0.15, -0.1) is 0 Å². The van der Waals surface area contributed by atoms with Gasteiger partial charge < -0.3 is 10.4 Å². The van der Waals surface area contributed by atoms with Crippen LogP contribution in [0.5, 0.6) is 0 Å². The van der Waals surface area contributed by atoms with Crippen LogP contribution >= 0.6 is 11.6 Å². The maximum absolute atomic E-state index is 10.5. The molecule has 2 rings (SSSR count). The molecule has 0 unspecified atom stereocenters. The van der Waals surface area contributed by atoms with Crippen molar-refractivity contribution in [3.8, 4) is 0 Å². The zero-order chi connectivity index (χ0) is 14.6. The minimum atomic E-state index is -1.01. The molecule has 2 N–H and O–H groups in total. The van der Waals surface area contributed by atoms with E-state index in [0.29, 0.717) is 18.1 Å². The van der Waals surface area contributed by atoms with Gasteiger partial charge in [0, 0.05) is 29.9 Å². The normalized spacial score (nSPS) is 14.0. The number of aryl methyl sites for hydroxylation is 1. The molecule has 0 aliphatic rings. The molecule has 0 bridgehead atoms. The lowest BCUT2D eigenvalue weighted by Gasteiger charge is -2.25. The third-order valence-corrected chi connectivity index (χ3v) is 3.53. The number of rotatable bonds is 5. The van der Waals surface area contributed by atoms with Gasteiger partial charge in [0.15, 0.2) is 0 Å². The molecule has 0 radical (unpaired) electrons. The summed E-state index contributed by atoms with van der Waals surface area (Å²) in [6.45, 7) is 4.78. The molecule has 20 heavy (non-hydrogen) atoms. The number of aliphatic hydroxyl groups is 1. The molecule has 2 aromatic rings. The highest BCUT2D eigenvalue weighted by atomic mass is 35.5. The molecule has 0 amide bonds. The first-order valence-corrected chi connectivity index (χ1v) is 6.96. The lowest BCUT2D eigenvalue weighted by molar-refractivity contribution is 0.0567. The summed E-state index contributed by atoms with van der Waals surface area (Å²) in [7, 11) is 0. The molecular weight excluding hydrogens is 272 g/mol. The first-order valence-electron chi connectivity index (χ1n) is 6.59. The summed E-state index contributed by atoms with van der Waals surface area (Å²) < 4.78 is 0. The maximum atomic E-state index is 10.5. The van der Waals surface area contributed by atoms with Crippen molar-refractivity contribution < 1.29 is 5.11 Å². The molecule has 0 aliphatic carbocycles. The largest absolute Gasteiger partial charge is 0.384 e. The van der Waals surface area contributed by atoms with E-state index in [9.17, 15) is 5.11 Å². The van der Waals surface area contributed by atoms with Crippen LogP contribution in [0.15, 0.2) is 42.6 Å². The molecule has 1 atom stereocenters. The summed E-state index contributed by atoms with van der Waals surface area (Å²) in [5.41, 5.74) is 1.80. The lowest BCUT2D eigenvalue weighted by Crippen LogP contribution is -2.35. The van der Waals surface area contributed by atoms with Gasteiger partial charge >= 0.3 is 0 Å². The summed E-state index contributed by atoms with van der Waals surface area (Å²) in [4.78, 5) is 4.32. The Morgan fingerprint density at radius 3 is 2.65 bits per heavy atom. The number of hydrogen-bond acceptors (Lipinski definition) is 3. The topological polar surface area (TPSA) is 45.1 Å². The Morgan fingerprint density at radius 1 is 1.25 bits per heavy atom. The molecule has 3 nitrogen and oxygen atoms in total. The van der Waals surface area contributed by atoms with Gasteiger partial charge in [0.25, 0.3) is 0 Å². The minimum Gasteiger partial charge on any atom is -0.384 e. The van der Waals surface area contributed by atoms with E-state index in [-0.39, 0.29) is 0 Å². The van der Waals surface area contributed by atoms with Crippen LogP contribution in [0.3, 0.4) is 0 Å². The minimum absolute atomic E-state index is 0.409. The molecule has 0 saturated carbocycles. The molecule has 0 saturated heterocycles. The summed E-state index contributed by atoms with van der Waals surface area (Å²) in [6, 6.07) is 11.4. The zero-order valence-electron chi connectivity index (χ0n) is 11.7. The third kappa shape index (κ3) is 3.79. The maximum Gasteiger partial charge on any atom is 0.101 e. The average molecular weight is 291 g/mol. The summed E-state index contributed by atoms with van der Waals surface area (Å²) >= 11 is 6.12. The predicted octanol–water partition coefficient (Wildman–Crippen LogP) is 3.04. The highest BCUT2D eigenvalue weighted by molar-refractivity contribution is 6.31. The molecule has 0 spiro atoms. The van der Waals surface area contributed by atoms with Crippen molar-refractivity contribution in [3.05, 3.63) is 64.4 Å². The number of hydrogen-bond donors (Lipinski definition) is 2. The smallest absolute Gasteiger partial charge is 0.101 e. The molecule has 1 aromatic carbocycles. The molecule has 1 aromatic heterocycles. The van der Waals surface area contributed by atoms with Crippen LogP contribution in [0.2, 0.25) is 5.02 Å². The first-order chi connectivity index (χ1) is 9.49. The lowest BCUT2D eigenvalue weighted by atomic mass is 9.96. The van der Waals surface area contributed by atoms with Gasteiger partial charge in [-0.05, 0) is 31.5 Å². The van der Waals surface area contributed by atoms with Crippen molar-refractivity contribution in [1.82, 2.24) is 10.3 Å². The van der Waals surface area contributed by atoms with Crippen molar-refractivity contribution in [1.29, 1.82) is 0 Å². The van der Waals surface area contributed by atoms with Crippen LogP contribution in [-0.2, 0) is 12.1 Å². The van der Waals surface area contributed by atoms with E-state index >= 15 is 0 Å². The Kier molecular flexibility index (Phi) is 4.76. The van der Waals surface area contributed by atoms with Crippen LogP contribution in [-0.4, -0.2) is 16.6 Å². The Labute approximate surface area is 124 Å². The van der Waals surface area contributed by atoms with Gasteiger partial charge in [0.05, 0.1) is 5.69 Å². The van der Waals surface area contributed by atoms with E-state index in [4.69, 9.17) is 11.6 Å². The van der Waals surface area contributed by atoms with Gasteiger partial charge in [-0.1, -0.05) is 35.9 Å². The highest BCUT2D eigenvalue weighted by Crippen LogP contribution is 2.27. The zero-order valence-corrected chi connectivity index (χ0v) is 12.5. The van der Waals surface area contributed by atoms with Gasteiger partial charge in [-0.2, -0.15) is 0 Å². The quantitative estimate of drug-likeness (QED) is 0.890. The van der Waals surface area contributed by atoms with Crippen LogP contribution in [0.25, 0.3) is 0 Å². The van der Waals surface area contributed by atoms with Crippen LogP contribution in [0.1, 0.15) is 23.7 Å². The Bertz CT molecular complexity index is 567. The van der Waals surface area contributed by atoms with Crippen molar-refractivity contribution in [2.24, 2.45) is 0 Å². The number of aromatic nitrogens is 1. The Balaban J connectivity index is 1.96. The average Bonchev–Trinajstić information content (AvgIpc) is 2.41. The van der Waals surface area contributed by atoms with Gasteiger partial charge in [0.2, 0.25) is 0 Å². The second-order valence-corrected chi connectivity index (χ2v) is 5.59. The van der Waals surface area contributed by atoms with Crippen molar-refractivity contribution in [2.45, 2.75) is 26.0 Å². The van der Waals surface area contributed by atoms with Gasteiger partial charge in [-0.3, -0.25) is 4.98 Å². The summed E-state index contributed by atoms with van der Waals surface area (Å²) in [5, 5.41) is 14.3. The van der Waals surface area contributed by atoms with Gasteiger partial charge in [0.1, 0.15) is 5.60 Å². The fourth-order valence-corrected chi connectivity index (χ4v) is 2.37. The number of benzene rings is 1. The SMILES string of the molecule is Cc1ccc(CNC[C@@](C)(O)c2ccccc2Cl)nc1. The third-order valence-electron chi connectivity index (χ3n) is 3.20. The van der Waals surface area contributed by atoms with E-state index in [0.717, 1.165) is 16.8 Å². The van der Waals surface area contributed by atoms with E-state index in [1.54, 1.807) is 13.0 Å². The number of halogens is 1. The van der Waals surface area contributed by atoms with Crippen LogP contribution in [0, 0.1) is 6.92 Å². The molecule has 106 valence electrons. The number of nitrogens with zero attached hydrogens (tertiary/aromatic N) is 1. The first kappa shape index (κ1) is 15.0. The summed E-state index contributed by atoms with van der Waals surface area (Å²) in [5.74, 6) is 0. The van der Waals surface area contributed by atoms with E-state index < -0.39 is 5.60 Å². The van der Waals surface area contributed by atoms with Gasteiger partial charge in [-0.25, -0.2) is 0 Å². The Morgan fingerprint density at radius 2 is 2.00 bits per heavy atom. The number of nitrogens with one attached hydrogen (secondary N) is 1. The molecular formula is C16H19ClN2O. The van der Waals surface area contributed by atoms with Crippen molar-refractivity contribution in [3.63, 3.8) is 0 Å². The number of pyridine rings is 1. The molecule has 4 heteroatoms.